The van der Waals surface area contributed by atoms with Crippen molar-refractivity contribution in [2.75, 3.05) is 6.54 Å². The van der Waals surface area contributed by atoms with Crippen molar-refractivity contribution in [3.05, 3.63) is 28.2 Å². The predicted molar refractivity (Wildman–Crippen MR) is 104 cm³/mol. The molecule has 9 heteroatoms. The maximum Gasteiger partial charge on any atom is 0.192 e. The summed E-state index contributed by atoms with van der Waals surface area (Å²) >= 11 is 1.69. The van der Waals surface area contributed by atoms with Gasteiger partial charge in [-0.15, -0.1) is 35.3 Å². The molecule has 2 N–H and O–H groups in total. The zero-order valence-corrected chi connectivity index (χ0v) is 17.1. The molecular weight excluding hydrogens is 425 g/mol. The third-order valence-corrected chi connectivity index (χ3v) is 4.22. The Morgan fingerprint density at radius 1 is 1.39 bits per heavy atom. The standard InChI is InChI=1S/C14H23N7S.HI/c1-5-15-14(17-7-12-18-9-19-21(12)4)16-6-11-8-22-13(20-11)10(2)3;/h8-10H,5-7H2,1-4H3,(H2,15,16,17);1H. The summed E-state index contributed by atoms with van der Waals surface area (Å²) < 4.78 is 1.74. The fourth-order valence-corrected chi connectivity index (χ4v) is 2.63. The van der Waals surface area contributed by atoms with Gasteiger partial charge in [0.25, 0.3) is 0 Å². The molecule has 0 radical (unpaired) electrons. The summed E-state index contributed by atoms with van der Waals surface area (Å²) in [6, 6.07) is 0. The predicted octanol–water partition coefficient (Wildman–Crippen LogP) is 2.27. The molecule has 0 aromatic carbocycles. The van der Waals surface area contributed by atoms with Crippen LogP contribution in [0.2, 0.25) is 0 Å². The van der Waals surface area contributed by atoms with E-state index in [1.165, 1.54) is 0 Å². The number of nitrogens with zero attached hydrogens (tertiary/aromatic N) is 5. The van der Waals surface area contributed by atoms with Crippen LogP contribution in [0, 0.1) is 0 Å². The topological polar surface area (TPSA) is 80.0 Å². The van der Waals surface area contributed by atoms with E-state index in [9.17, 15) is 0 Å². The summed E-state index contributed by atoms with van der Waals surface area (Å²) in [7, 11) is 1.87. The monoisotopic (exact) mass is 449 g/mol. The first kappa shape index (κ1) is 19.8. The normalized spacial score (nSPS) is 11.4. The Morgan fingerprint density at radius 2 is 2.17 bits per heavy atom. The highest BCUT2D eigenvalue weighted by Gasteiger charge is 2.06. The lowest BCUT2D eigenvalue weighted by Crippen LogP contribution is -2.37. The van der Waals surface area contributed by atoms with Crippen LogP contribution in [-0.2, 0) is 20.1 Å². The van der Waals surface area contributed by atoms with Crippen molar-refractivity contribution in [3.8, 4) is 0 Å². The molecule has 7 nitrogen and oxygen atoms in total. The quantitative estimate of drug-likeness (QED) is 0.402. The molecule has 0 spiro atoms. The molecule has 128 valence electrons. The summed E-state index contributed by atoms with van der Waals surface area (Å²) in [4.78, 5) is 13.3. The van der Waals surface area contributed by atoms with E-state index in [4.69, 9.17) is 0 Å². The highest BCUT2D eigenvalue weighted by Crippen LogP contribution is 2.19. The average molecular weight is 449 g/mol. The molecule has 0 aliphatic carbocycles. The van der Waals surface area contributed by atoms with Crippen molar-refractivity contribution in [1.82, 2.24) is 30.4 Å². The molecule has 0 amide bonds. The highest BCUT2D eigenvalue weighted by molar-refractivity contribution is 14.0. The second-order valence-corrected chi connectivity index (χ2v) is 6.07. The van der Waals surface area contributed by atoms with Crippen molar-refractivity contribution in [2.45, 2.75) is 39.8 Å². The first-order valence-corrected chi connectivity index (χ1v) is 8.27. The van der Waals surface area contributed by atoms with Crippen molar-refractivity contribution in [2.24, 2.45) is 12.0 Å². The summed E-state index contributed by atoms with van der Waals surface area (Å²) in [5.41, 5.74) is 1.00. The first-order chi connectivity index (χ1) is 10.6. The SMILES string of the molecule is CCNC(=NCc1csc(C(C)C)n1)NCc1ncnn1C.I. The Labute approximate surface area is 158 Å². The molecule has 0 aliphatic rings. The number of rotatable bonds is 6. The van der Waals surface area contributed by atoms with Crippen LogP contribution in [0.1, 0.15) is 43.2 Å². The molecule has 0 saturated heterocycles. The number of aromatic nitrogens is 4. The number of thiazole rings is 1. The highest BCUT2D eigenvalue weighted by atomic mass is 127. The van der Waals surface area contributed by atoms with Crippen molar-refractivity contribution in [1.29, 1.82) is 0 Å². The van der Waals surface area contributed by atoms with Crippen LogP contribution < -0.4 is 10.6 Å². The Morgan fingerprint density at radius 3 is 2.74 bits per heavy atom. The van der Waals surface area contributed by atoms with E-state index in [0.717, 1.165) is 29.0 Å². The van der Waals surface area contributed by atoms with Gasteiger partial charge in [-0.05, 0) is 6.92 Å². The zero-order valence-electron chi connectivity index (χ0n) is 13.9. The van der Waals surface area contributed by atoms with E-state index in [-0.39, 0.29) is 24.0 Å². The largest absolute Gasteiger partial charge is 0.357 e. The number of hydrogen-bond acceptors (Lipinski definition) is 5. The third kappa shape index (κ3) is 6.05. The number of aliphatic imine (C=N–C) groups is 1. The molecule has 0 unspecified atom stereocenters. The Hall–Kier alpha value is -1.23. The second kappa shape index (κ2) is 9.81. The summed E-state index contributed by atoms with van der Waals surface area (Å²) in [5.74, 6) is 2.08. The molecule has 2 aromatic heterocycles. The van der Waals surface area contributed by atoms with Gasteiger partial charge >= 0.3 is 0 Å². The van der Waals surface area contributed by atoms with Gasteiger partial charge in [0, 0.05) is 24.9 Å². The van der Waals surface area contributed by atoms with Crippen LogP contribution in [0.5, 0.6) is 0 Å². The lowest BCUT2D eigenvalue weighted by Gasteiger charge is -2.10. The van der Waals surface area contributed by atoms with Crippen molar-refractivity contribution in [3.63, 3.8) is 0 Å². The molecule has 0 bridgehead atoms. The van der Waals surface area contributed by atoms with Crippen molar-refractivity contribution >= 4 is 41.3 Å². The minimum atomic E-state index is 0. The van der Waals surface area contributed by atoms with E-state index >= 15 is 0 Å². The number of guanidine groups is 1. The van der Waals surface area contributed by atoms with E-state index in [0.29, 0.717) is 19.0 Å². The van der Waals surface area contributed by atoms with Gasteiger partial charge in [-0.25, -0.2) is 15.0 Å². The number of hydrogen-bond donors (Lipinski definition) is 2. The van der Waals surface area contributed by atoms with E-state index in [2.05, 4.69) is 49.9 Å². The fourth-order valence-electron chi connectivity index (χ4n) is 1.81. The van der Waals surface area contributed by atoms with Crippen molar-refractivity contribution < 1.29 is 0 Å². The zero-order chi connectivity index (χ0) is 15.9. The van der Waals surface area contributed by atoms with Crippen LogP contribution in [-0.4, -0.2) is 32.3 Å². The molecule has 2 rings (SSSR count). The minimum Gasteiger partial charge on any atom is -0.357 e. The Bertz CT molecular complexity index is 620. The number of aryl methyl sites for hydroxylation is 1. The maximum atomic E-state index is 4.60. The minimum absolute atomic E-state index is 0. The number of nitrogens with one attached hydrogen (secondary N) is 2. The van der Waals surface area contributed by atoms with E-state index in [1.54, 1.807) is 22.3 Å². The van der Waals surface area contributed by atoms with Gasteiger partial charge in [0.05, 0.1) is 23.8 Å². The lowest BCUT2D eigenvalue weighted by molar-refractivity contribution is 0.673. The molecular formula is C14H24IN7S. The van der Waals surface area contributed by atoms with Gasteiger partial charge < -0.3 is 10.6 Å². The smallest absolute Gasteiger partial charge is 0.192 e. The fraction of sp³-hybridized carbons (Fsp3) is 0.571. The lowest BCUT2D eigenvalue weighted by atomic mass is 10.2. The first-order valence-electron chi connectivity index (χ1n) is 7.39. The summed E-state index contributed by atoms with van der Waals surface area (Å²) in [5, 5.41) is 13.8. The Balaban J connectivity index is 0.00000264. The van der Waals surface area contributed by atoms with Gasteiger partial charge in [-0.2, -0.15) is 5.10 Å². The van der Waals surface area contributed by atoms with Gasteiger partial charge in [0.15, 0.2) is 5.96 Å². The van der Waals surface area contributed by atoms with Gasteiger partial charge in [0.1, 0.15) is 12.2 Å². The van der Waals surface area contributed by atoms with Gasteiger partial charge in [-0.3, -0.25) is 4.68 Å². The van der Waals surface area contributed by atoms with Gasteiger partial charge in [0.2, 0.25) is 0 Å². The van der Waals surface area contributed by atoms with Crippen LogP contribution in [0.25, 0.3) is 0 Å². The molecule has 0 fully saturated rings. The van der Waals surface area contributed by atoms with E-state index in [1.807, 2.05) is 14.0 Å². The van der Waals surface area contributed by atoms with Crippen LogP contribution in [0.3, 0.4) is 0 Å². The van der Waals surface area contributed by atoms with E-state index < -0.39 is 0 Å². The maximum absolute atomic E-state index is 4.60. The summed E-state index contributed by atoms with van der Waals surface area (Å²) in [6.45, 7) is 8.29. The Kier molecular flexibility index (Phi) is 8.45. The summed E-state index contributed by atoms with van der Waals surface area (Å²) in [6.07, 6.45) is 1.55. The number of halogens is 1. The molecule has 23 heavy (non-hydrogen) atoms. The van der Waals surface area contributed by atoms with Crippen LogP contribution >= 0.6 is 35.3 Å². The third-order valence-electron chi connectivity index (χ3n) is 3.03. The molecule has 2 aromatic rings. The van der Waals surface area contributed by atoms with Crippen LogP contribution in [0.15, 0.2) is 16.7 Å². The second-order valence-electron chi connectivity index (χ2n) is 5.18. The van der Waals surface area contributed by atoms with Gasteiger partial charge in [-0.1, -0.05) is 13.8 Å². The molecule has 2 heterocycles. The molecule has 0 saturated carbocycles. The average Bonchev–Trinajstić information content (AvgIpc) is 3.11. The molecule has 0 atom stereocenters. The molecule has 0 aliphatic heterocycles. The van der Waals surface area contributed by atoms with Crippen LogP contribution in [0.4, 0.5) is 0 Å².